The minimum absolute atomic E-state index is 0.0345. The molecule has 1 aromatic heterocycles. The molecular formula is C20H23ClN4O4. The first kappa shape index (κ1) is 19.7. The predicted molar refractivity (Wildman–Crippen MR) is 107 cm³/mol. The average molecular weight is 419 g/mol. The number of nitrogens with zero attached hydrogens (tertiary/aromatic N) is 3. The van der Waals surface area contributed by atoms with Gasteiger partial charge in [0.25, 0.3) is 11.6 Å². The number of halogens is 1. The van der Waals surface area contributed by atoms with E-state index < -0.39 is 4.92 Å². The number of aromatic nitrogens is 2. The number of hydrogen-bond donors (Lipinski definition) is 1. The zero-order valence-corrected chi connectivity index (χ0v) is 16.8. The van der Waals surface area contributed by atoms with Gasteiger partial charge in [-0.3, -0.25) is 14.9 Å². The van der Waals surface area contributed by atoms with Crippen molar-refractivity contribution >= 4 is 23.2 Å². The van der Waals surface area contributed by atoms with Crippen molar-refractivity contribution in [1.29, 1.82) is 0 Å². The second kappa shape index (κ2) is 8.02. The number of ether oxygens (including phenoxy) is 1. The average Bonchev–Trinajstić information content (AvgIpc) is 3.43. The molecule has 1 amide bonds. The largest absolute Gasteiger partial charge is 0.470 e. The van der Waals surface area contributed by atoms with E-state index in [9.17, 15) is 14.9 Å². The molecule has 2 saturated carbocycles. The number of benzene rings is 1. The fraction of sp³-hybridized carbons (Fsp3) is 0.500. The molecule has 9 heteroatoms. The lowest BCUT2D eigenvalue weighted by Gasteiger charge is -2.28. The van der Waals surface area contributed by atoms with Crippen LogP contribution in [0.4, 0.5) is 5.69 Å². The Morgan fingerprint density at radius 1 is 1.41 bits per heavy atom. The molecule has 1 heterocycles. The number of fused-ring (bicyclic) bond motifs is 2. The van der Waals surface area contributed by atoms with E-state index in [1.807, 2.05) is 0 Å². The maximum absolute atomic E-state index is 12.5. The van der Waals surface area contributed by atoms with Gasteiger partial charge < -0.3 is 10.1 Å². The third kappa shape index (κ3) is 4.22. The first-order valence-electron chi connectivity index (χ1n) is 9.81. The van der Waals surface area contributed by atoms with Crippen LogP contribution in [0.15, 0.2) is 30.5 Å². The molecule has 1 N–H and O–H groups in total. The molecule has 4 atom stereocenters. The quantitative estimate of drug-likeness (QED) is 0.540. The van der Waals surface area contributed by atoms with Crippen LogP contribution in [0.1, 0.15) is 43.1 Å². The van der Waals surface area contributed by atoms with Crippen molar-refractivity contribution in [1.82, 2.24) is 15.1 Å². The monoisotopic (exact) mass is 418 g/mol. The summed E-state index contributed by atoms with van der Waals surface area (Å²) >= 11 is 6.02. The summed E-state index contributed by atoms with van der Waals surface area (Å²) < 4.78 is 7.04. The van der Waals surface area contributed by atoms with Crippen molar-refractivity contribution in [3.05, 3.63) is 51.3 Å². The van der Waals surface area contributed by atoms with Gasteiger partial charge in [0, 0.05) is 24.4 Å². The van der Waals surface area contributed by atoms with Crippen LogP contribution in [0.2, 0.25) is 5.02 Å². The lowest BCUT2D eigenvalue weighted by atomic mass is 9.84. The molecule has 0 aliphatic heterocycles. The Morgan fingerprint density at radius 3 is 2.90 bits per heavy atom. The number of non-ortho nitro benzene ring substituents is 1. The third-order valence-corrected chi connectivity index (χ3v) is 6.44. The molecule has 154 valence electrons. The number of carbonyl (C=O) groups is 1. The molecule has 2 aromatic rings. The first-order chi connectivity index (χ1) is 13.9. The van der Waals surface area contributed by atoms with E-state index in [2.05, 4.69) is 17.3 Å². The van der Waals surface area contributed by atoms with Gasteiger partial charge >= 0.3 is 0 Å². The van der Waals surface area contributed by atoms with E-state index >= 15 is 0 Å². The summed E-state index contributed by atoms with van der Waals surface area (Å²) in [5, 5.41) is 18.3. The van der Waals surface area contributed by atoms with Crippen molar-refractivity contribution in [2.24, 2.45) is 17.8 Å². The number of nitro benzene ring substituents is 1. The molecule has 1 aromatic carbocycles. The van der Waals surface area contributed by atoms with E-state index in [1.165, 1.54) is 48.6 Å². The van der Waals surface area contributed by atoms with E-state index in [1.54, 1.807) is 12.3 Å². The van der Waals surface area contributed by atoms with Crippen LogP contribution in [-0.2, 0) is 6.73 Å². The number of carbonyl (C=O) groups excluding carboxylic acids is 1. The smallest absolute Gasteiger partial charge is 0.271 e. The Kier molecular flexibility index (Phi) is 5.45. The van der Waals surface area contributed by atoms with Crippen molar-refractivity contribution in [2.45, 2.75) is 45.4 Å². The molecule has 29 heavy (non-hydrogen) atoms. The van der Waals surface area contributed by atoms with E-state index in [0.717, 1.165) is 11.8 Å². The standard InChI is InChI=1S/C20H23ClN4O4/c1-12(16-9-13-2-3-14(16)8-13)22-20(26)18-6-7-24(23-18)11-29-19-5-4-15(25(27)28)10-17(19)21/h4-7,10,12-14,16H,2-3,8-9,11H2,1H3,(H,22,26). The molecular weight excluding hydrogens is 396 g/mol. The fourth-order valence-corrected chi connectivity index (χ4v) is 4.93. The minimum Gasteiger partial charge on any atom is -0.470 e. The van der Waals surface area contributed by atoms with Gasteiger partial charge in [-0.25, -0.2) is 4.68 Å². The summed E-state index contributed by atoms with van der Waals surface area (Å²) in [6.45, 7) is 2.12. The van der Waals surface area contributed by atoms with Gasteiger partial charge in [0.05, 0.1) is 9.95 Å². The van der Waals surface area contributed by atoms with Crippen molar-refractivity contribution in [3.8, 4) is 5.75 Å². The zero-order valence-electron chi connectivity index (χ0n) is 16.1. The van der Waals surface area contributed by atoms with Crippen LogP contribution in [-0.4, -0.2) is 26.7 Å². The molecule has 8 nitrogen and oxygen atoms in total. The van der Waals surface area contributed by atoms with Gasteiger partial charge in [-0.1, -0.05) is 18.0 Å². The van der Waals surface area contributed by atoms with Gasteiger partial charge in [0.15, 0.2) is 6.73 Å². The van der Waals surface area contributed by atoms with Crippen molar-refractivity contribution in [2.75, 3.05) is 0 Å². The Balaban J connectivity index is 1.32. The second-order valence-corrected chi connectivity index (χ2v) is 8.39. The van der Waals surface area contributed by atoms with E-state index in [4.69, 9.17) is 16.3 Å². The summed E-state index contributed by atoms with van der Waals surface area (Å²) in [5.41, 5.74) is 0.225. The molecule has 2 aliphatic rings. The van der Waals surface area contributed by atoms with E-state index in [-0.39, 0.29) is 29.4 Å². The van der Waals surface area contributed by atoms with Crippen LogP contribution in [0, 0.1) is 27.9 Å². The number of hydrogen-bond acceptors (Lipinski definition) is 5. The van der Waals surface area contributed by atoms with Crippen LogP contribution in [0.5, 0.6) is 5.75 Å². The molecule has 4 unspecified atom stereocenters. The lowest BCUT2D eigenvalue weighted by Crippen LogP contribution is -2.40. The Morgan fingerprint density at radius 2 is 2.24 bits per heavy atom. The van der Waals surface area contributed by atoms with Crippen molar-refractivity contribution < 1.29 is 14.5 Å². The summed E-state index contributed by atoms with van der Waals surface area (Å²) in [4.78, 5) is 22.8. The molecule has 4 rings (SSSR count). The predicted octanol–water partition coefficient (Wildman–Crippen LogP) is 4.04. The fourth-order valence-electron chi connectivity index (χ4n) is 4.70. The van der Waals surface area contributed by atoms with Gasteiger partial charge in [-0.15, -0.1) is 0 Å². The highest BCUT2D eigenvalue weighted by molar-refractivity contribution is 6.32. The highest BCUT2D eigenvalue weighted by Crippen LogP contribution is 2.49. The van der Waals surface area contributed by atoms with Gasteiger partial charge in [0.2, 0.25) is 0 Å². The maximum atomic E-state index is 12.5. The second-order valence-electron chi connectivity index (χ2n) is 7.99. The first-order valence-corrected chi connectivity index (χ1v) is 10.2. The summed E-state index contributed by atoms with van der Waals surface area (Å²) in [6.07, 6.45) is 6.79. The van der Waals surface area contributed by atoms with Crippen LogP contribution >= 0.6 is 11.6 Å². The number of nitrogens with one attached hydrogen (secondary N) is 1. The molecule has 2 fully saturated rings. The molecule has 0 spiro atoms. The van der Waals surface area contributed by atoms with Crippen LogP contribution in [0.25, 0.3) is 0 Å². The Hall–Kier alpha value is -2.61. The highest BCUT2D eigenvalue weighted by Gasteiger charge is 2.42. The SMILES string of the molecule is CC(NC(=O)c1ccn(COc2ccc([N+](=O)[O-])cc2Cl)n1)C1CC2CCC1C2. The van der Waals surface area contributed by atoms with Gasteiger partial charge in [-0.2, -0.15) is 5.10 Å². The van der Waals surface area contributed by atoms with Gasteiger partial charge in [-0.05, 0) is 56.1 Å². The number of amides is 1. The minimum atomic E-state index is -0.522. The normalized spacial score (nSPS) is 23.7. The zero-order chi connectivity index (χ0) is 20.5. The molecule has 0 radical (unpaired) electrons. The topological polar surface area (TPSA) is 99.3 Å². The lowest BCUT2D eigenvalue weighted by molar-refractivity contribution is -0.384. The number of rotatable bonds is 7. The maximum Gasteiger partial charge on any atom is 0.271 e. The van der Waals surface area contributed by atoms with Crippen molar-refractivity contribution in [3.63, 3.8) is 0 Å². The summed E-state index contributed by atoms with van der Waals surface area (Å²) in [6, 6.07) is 5.77. The molecule has 2 aliphatic carbocycles. The van der Waals surface area contributed by atoms with Crippen LogP contribution < -0.4 is 10.1 Å². The third-order valence-electron chi connectivity index (χ3n) is 6.15. The Labute approximate surface area is 173 Å². The van der Waals surface area contributed by atoms with E-state index in [0.29, 0.717) is 17.4 Å². The molecule has 0 saturated heterocycles. The Bertz CT molecular complexity index is 931. The van der Waals surface area contributed by atoms with Crippen LogP contribution in [0.3, 0.4) is 0 Å². The molecule has 2 bridgehead atoms. The number of nitro groups is 1. The van der Waals surface area contributed by atoms with Gasteiger partial charge in [0.1, 0.15) is 11.4 Å². The summed E-state index contributed by atoms with van der Waals surface area (Å²) in [7, 11) is 0. The highest BCUT2D eigenvalue weighted by atomic mass is 35.5. The summed E-state index contributed by atoms with van der Waals surface area (Å²) in [5.74, 6) is 2.27.